The number of likely N-dealkylation sites (N-methyl/N-ethyl adjacent to an activating group) is 1. The number of aromatic nitrogens is 2. The summed E-state index contributed by atoms with van der Waals surface area (Å²) in [5, 5.41) is 3.42. The molecule has 0 saturated heterocycles. The number of rotatable bonds is 6. The number of anilines is 2. The third-order valence-corrected chi connectivity index (χ3v) is 2.79. The van der Waals surface area contributed by atoms with Crippen LogP contribution in [0.3, 0.4) is 0 Å². The van der Waals surface area contributed by atoms with E-state index in [1.165, 1.54) is 11.8 Å². The first-order valence-electron chi connectivity index (χ1n) is 5.73. The summed E-state index contributed by atoms with van der Waals surface area (Å²) in [5.74, 6) is 1.03. The maximum Gasteiger partial charge on any atom is 0.239 e. The second-order valence-electron chi connectivity index (χ2n) is 3.84. The van der Waals surface area contributed by atoms with E-state index in [0.717, 1.165) is 6.42 Å². The van der Waals surface area contributed by atoms with Gasteiger partial charge >= 0.3 is 0 Å². The summed E-state index contributed by atoms with van der Waals surface area (Å²) < 4.78 is 0. The summed E-state index contributed by atoms with van der Waals surface area (Å²) in [6.07, 6.45) is 2.80. The van der Waals surface area contributed by atoms with Gasteiger partial charge in [0.25, 0.3) is 0 Å². The second kappa shape index (κ2) is 7.05. The summed E-state index contributed by atoms with van der Waals surface area (Å²) in [4.78, 5) is 21.7. The number of nitrogen functional groups attached to an aromatic ring is 1. The third-order valence-electron chi connectivity index (χ3n) is 2.24. The summed E-state index contributed by atoms with van der Waals surface area (Å²) in [6.45, 7) is 2.96. The van der Waals surface area contributed by atoms with Crippen LogP contribution < -0.4 is 16.0 Å². The highest BCUT2D eigenvalue weighted by atomic mass is 32.2. The van der Waals surface area contributed by atoms with Crippen molar-refractivity contribution in [1.29, 1.82) is 0 Å². The van der Waals surface area contributed by atoms with Crippen molar-refractivity contribution < 1.29 is 4.79 Å². The zero-order valence-electron chi connectivity index (χ0n) is 10.9. The Morgan fingerprint density at radius 1 is 1.56 bits per heavy atom. The first-order valence-corrected chi connectivity index (χ1v) is 6.95. The van der Waals surface area contributed by atoms with Crippen molar-refractivity contribution in [3.63, 3.8) is 0 Å². The van der Waals surface area contributed by atoms with Crippen LogP contribution in [-0.2, 0) is 4.79 Å². The number of hydrogen-bond acceptors (Lipinski definition) is 6. The molecule has 1 heterocycles. The SMILES string of the molecule is CCCNC(=O)CN(C)c1cc(N)nc(SC)n1. The Balaban J connectivity index is 2.68. The molecule has 0 aliphatic rings. The van der Waals surface area contributed by atoms with E-state index in [4.69, 9.17) is 5.73 Å². The molecule has 0 atom stereocenters. The maximum atomic E-state index is 11.6. The van der Waals surface area contributed by atoms with Crippen LogP contribution >= 0.6 is 11.8 Å². The molecule has 100 valence electrons. The van der Waals surface area contributed by atoms with Crippen molar-refractivity contribution in [2.24, 2.45) is 0 Å². The van der Waals surface area contributed by atoms with Crippen molar-refractivity contribution in [3.05, 3.63) is 6.07 Å². The molecule has 0 saturated carbocycles. The number of amides is 1. The first kappa shape index (κ1) is 14.6. The van der Waals surface area contributed by atoms with Gasteiger partial charge in [-0.15, -0.1) is 0 Å². The number of hydrogen-bond donors (Lipinski definition) is 2. The second-order valence-corrected chi connectivity index (χ2v) is 4.62. The molecule has 0 aliphatic heterocycles. The Labute approximate surface area is 111 Å². The molecule has 18 heavy (non-hydrogen) atoms. The van der Waals surface area contributed by atoms with E-state index in [0.29, 0.717) is 23.3 Å². The summed E-state index contributed by atoms with van der Waals surface area (Å²) in [6, 6.07) is 1.66. The van der Waals surface area contributed by atoms with Gasteiger partial charge in [0.15, 0.2) is 5.16 Å². The minimum Gasteiger partial charge on any atom is -0.383 e. The van der Waals surface area contributed by atoms with Gasteiger partial charge in [-0.25, -0.2) is 9.97 Å². The van der Waals surface area contributed by atoms with Crippen LogP contribution in [0.1, 0.15) is 13.3 Å². The van der Waals surface area contributed by atoms with Gasteiger partial charge < -0.3 is 16.0 Å². The lowest BCUT2D eigenvalue weighted by atomic mass is 10.4. The molecule has 1 rings (SSSR count). The first-order chi connectivity index (χ1) is 8.56. The minimum absolute atomic E-state index is 0.0257. The number of nitrogens with one attached hydrogen (secondary N) is 1. The molecule has 7 heteroatoms. The summed E-state index contributed by atoms with van der Waals surface area (Å²) in [5.41, 5.74) is 5.69. The van der Waals surface area contributed by atoms with Crippen molar-refractivity contribution >= 4 is 29.3 Å². The Hall–Kier alpha value is -1.50. The molecule has 1 aromatic heterocycles. The molecular weight excluding hydrogens is 250 g/mol. The molecule has 0 aromatic carbocycles. The largest absolute Gasteiger partial charge is 0.383 e. The van der Waals surface area contributed by atoms with Crippen molar-refractivity contribution in [3.8, 4) is 0 Å². The van der Waals surface area contributed by atoms with E-state index in [2.05, 4.69) is 15.3 Å². The number of nitrogens with zero attached hydrogens (tertiary/aromatic N) is 3. The average molecular weight is 269 g/mol. The number of thioether (sulfide) groups is 1. The van der Waals surface area contributed by atoms with E-state index in [9.17, 15) is 4.79 Å². The van der Waals surface area contributed by atoms with E-state index < -0.39 is 0 Å². The zero-order valence-corrected chi connectivity index (χ0v) is 11.8. The number of nitrogens with two attached hydrogens (primary N) is 1. The highest BCUT2D eigenvalue weighted by molar-refractivity contribution is 7.98. The molecule has 0 radical (unpaired) electrons. The fraction of sp³-hybridized carbons (Fsp3) is 0.545. The average Bonchev–Trinajstić information content (AvgIpc) is 2.35. The van der Waals surface area contributed by atoms with Gasteiger partial charge in [0, 0.05) is 19.7 Å². The van der Waals surface area contributed by atoms with Crippen LogP contribution in [0, 0.1) is 0 Å². The molecular formula is C11H19N5OS. The summed E-state index contributed by atoms with van der Waals surface area (Å²) >= 11 is 1.42. The van der Waals surface area contributed by atoms with E-state index in [1.54, 1.807) is 18.0 Å². The van der Waals surface area contributed by atoms with Gasteiger partial charge in [-0.2, -0.15) is 0 Å². The minimum atomic E-state index is -0.0257. The van der Waals surface area contributed by atoms with Gasteiger partial charge in [-0.1, -0.05) is 18.7 Å². The predicted octanol–water partition coefficient (Wildman–Crippen LogP) is 0.743. The summed E-state index contributed by atoms with van der Waals surface area (Å²) in [7, 11) is 1.80. The molecule has 1 amide bonds. The number of carbonyl (C=O) groups is 1. The van der Waals surface area contributed by atoms with Gasteiger partial charge in [0.2, 0.25) is 5.91 Å². The van der Waals surface area contributed by atoms with Crippen LogP contribution in [0.4, 0.5) is 11.6 Å². The normalized spacial score (nSPS) is 10.2. The van der Waals surface area contributed by atoms with Crippen LogP contribution in [0.25, 0.3) is 0 Å². The molecule has 3 N–H and O–H groups in total. The van der Waals surface area contributed by atoms with Gasteiger partial charge in [0.05, 0.1) is 6.54 Å². The van der Waals surface area contributed by atoms with E-state index in [1.807, 2.05) is 13.2 Å². The monoisotopic (exact) mass is 269 g/mol. The molecule has 0 bridgehead atoms. The van der Waals surface area contributed by atoms with E-state index in [-0.39, 0.29) is 12.5 Å². The van der Waals surface area contributed by atoms with E-state index >= 15 is 0 Å². The molecule has 0 fully saturated rings. The predicted molar refractivity (Wildman–Crippen MR) is 74.8 cm³/mol. The maximum absolute atomic E-state index is 11.6. The molecule has 0 aliphatic carbocycles. The fourth-order valence-electron chi connectivity index (χ4n) is 1.33. The van der Waals surface area contributed by atoms with Gasteiger partial charge in [-0.3, -0.25) is 4.79 Å². The molecule has 1 aromatic rings. The van der Waals surface area contributed by atoms with Gasteiger partial charge in [-0.05, 0) is 12.7 Å². The standard InChI is InChI=1S/C11H19N5OS/c1-4-5-13-10(17)7-16(2)9-6-8(12)14-11(15-9)18-3/h6H,4-5,7H2,1-3H3,(H,13,17)(H2,12,14,15). The molecule has 6 nitrogen and oxygen atoms in total. The van der Waals surface area contributed by atoms with Crippen molar-refractivity contribution in [2.45, 2.75) is 18.5 Å². The Morgan fingerprint density at radius 2 is 2.28 bits per heavy atom. The van der Waals surface area contributed by atoms with Crippen LogP contribution in [-0.4, -0.2) is 42.3 Å². The Morgan fingerprint density at radius 3 is 2.89 bits per heavy atom. The Bertz CT molecular complexity index is 412. The molecule has 0 spiro atoms. The quantitative estimate of drug-likeness (QED) is 0.585. The highest BCUT2D eigenvalue weighted by Crippen LogP contribution is 2.17. The van der Waals surface area contributed by atoms with Crippen molar-refractivity contribution in [1.82, 2.24) is 15.3 Å². The topological polar surface area (TPSA) is 84.1 Å². The van der Waals surface area contributed by atoms with Crippen LogP contribution in [0.15, 0.2) is 11.2 Å². The highest BCUT2D eigenvalue weighted by Gasteiger charge is 2.10. The van der Waals surface area contributed by atoms with Crippen LogP contribution in [0.2, 0.25) is 0 Å². The lowest BCUT2D eigenvalue weighted by Gasteiger charge is -2.18. The number of carbonyl (C=O) groups excluding carboxylic acids is 1. The zero-order chi connectivity index (χ0) is 13.5. The lowest BCUT2D eigenvalue weighted by molar-refractivity contribution is -0.119. The van der Waals surface area contributed by atoms with Crippen molar-refractivity contribution in [2.75, 3.05) is 37.0 Å². The fourth-order valence-corrected chi connectivity index (χ4v) is 1.72. The molecule has 0 unspecified atom stereocenters. The smallest absolute Gasteiger partial charge is 0.239 e. The Kier molecular flexibility index (Phi) is 5.70. The van der Waals surface area contributed by atoms with Crippen LogP contribution in [0.5, 0.6) is 0 Å². The van der Waals surface area contributed by atoms with Gasteiger partial charge in [0.1, 0.15) is 11.6 Å². The lowest BCUT2D eigenvalue weighted by Crippen LogP contribution is -2.35. The third kappa shape index (κ3) is 4.40.